The fourth-order valence-corrected chi connectivity index (χ4v) is 1.52. The number of hydrogen-bond acceptors (Lipinski definition) is 6. The first kappa shape index (κ1) is 10.6. The number of ether oxygens (including phenoxy) is 2. The third kappa shape index (κ3) is 2.34. The number of nitrogens with zero attached hydrogens (tertiary/aromatic N) is 2. The monoisotopic (exact) mass is 236 g/mol. The normalized spacial score (nSPS) is 9.81. The first-order chi connectivity index (χ1) is 7.79. The SMILES string of the molecule is COc1cc(OC(=O)c2ccns2)ccn1. The molecule has 0 aromatic carbocycles. The van der Waals surface area contributed by atoms with Crippen LogP contribution in [-0.4, -0.2) is 22.4 Å². The average molecular weight is 236 g/mol. The molecule has 5 nitrogen and oxygen atoms in total. The molecule has 6 heteroatoms. The molecule has 0 atom stereocenters. The van der Waals surface area contributed by atoms with E-state index in [1.54, 1.807) is 24.4 Å². The van der Waals surface area contributed by atoms with E-state index in [1.165, 1.54) is 13.3 Å². The van der Waals surface area contributed by atoms with Crippen molar-refractivity contribution in [3.8, 4) is 11.6 Å². The number of carbonyl (C=O) groups excluding carboxylic acids is 1. The van der Waals surface area contributed by atoms with Gasteiger partial charge in [0.15, 0.2) is 0 Å². The van der Waals surface area contributed by atoms with Gasteiger partial charge in [-0.3, -0.25) is 0 Å². The van der Waals surface area contributed by atoms with Crippen LogP contribution >= 0.6 is 11.5 Å². The molecule has 82 valence electrons. The molecular weight excluding hydrogens is 228 g/mol. The van der Waals surface area contributed by atoms with Crippen LogP contribution in [0.1, 0.15) is 9.67 Å². The number of esters is 1. The first-order valence-corrected chi connectivity index (χ1v) is 5.20. The van der Waals surface area contributed by atoms with Gasteiger partial charge in [0.1, 0.15) is 10.6 Å². The number of methoxy groups -OCH3 is 1. The van der Waals surface area contributed by atoms with Gasteiger partial charge in [-0.25, -0.2) is 14.2 Å². The van der Waals surface area contributed by atoms with E-state index < -0.39 is 5.97 Å². The highest BCUT2D eigenvalue weighted by molar-refractivity contribution is 7.07. The predicted octanol–water partition coefficient (Wildman–Crippen LogP) is 1.77. The molecule has 0 fully saturated rings. The Balaban J connectivity index is 2.12. The summed E-state index contributed by atoms with van der Waals surface area (Å²) in [6.45, 7) is 0. The summed E-state index contributed by atoms with van der Waals surface area (Å²) in [4.78, 5) is 15.9. The molecule has 0 N–H and O–H groups in total. The molecule has 0 aliphatic carbocycles. The molecule has 0 spiro atoms. The van der Waals surface area contributed by atoms with Crippen LogP contribution in [0.2, 0.25) is 0 Å². The molecule has 2 heterocycles. The summed E-state index contributed by atoms with van der Waals surface area (Å²) in [5.74, 6) is 0.357. The molecule has 0 aliphatic heterocycles. The maximum atomic E-state index is 11.6. The lowest BCUT2D eigenvalue weighted by atomic mass is 10.4. The maximum Gasteiger partial charge on any atom is 0.355 e. The molecule has 0 saturated heterocycles. The standard InChI is InChI=1S/C10H8N2O3S/c1-14-9-6-7(2-4-11-9)15-10(13)8-3-5-12-16-8/h2-6H,1H3. The van der Waals surface area contributed by atoms with Gasteiger partial charge in [0.05, 0.1) is 7.11 Å². The highest BCUT2D eigenvalue weighted by Gasteiger charge is 2.10. The molecular formula is C10H8N2O3S. The maximum absolute atomic E-state index is 11.6. The summed E-state index contributed by atoms with van der Waals surface area (Å²) in [6.07, 6.45) is 3.06. The van der Waals surface area contributed by atoms with Crippen LogP contribution in [0.3, 0.4) is 0 Å². The molecule has 2 aromatic rings. The number of aromatic nitrogens is 2. The van der Waals surface area contributed by atoms with Crippen molar-refractivity contribution in [1.29, 1.82) is 0 Å². The molecule has 2 rings (SSSR count). The highest BCUT2D eigenvalue weighted by atomic mass is 32.1. The van der Waals surface area contributed by atoms with Crippen molar-refractivity contribution < 1.29 is 14.3 Å². The van der Waals surface area contributed by atoms with Crippen molar-refractivity contribution in [3.63, 3.8) is 0 Å². The molecule has 0 amide bonds. The van der Waals surface area contributed by atoms with E-state index >= 15 is 0 Å². The van der Waals surface area contributed by atoms with E-state index in [1.807, 2.05) is 0 Å². The highest BCUT2D eigenvalue weighted by Crippen LogP contribution is 2.18. The number of hydrogen-bond donors (Lipinski definition) is 0. The Labute approximate surface area is 95.8 Å². The molecule has 0 saturated carbocycles. The minimum atomic E-state index is -0.434. The summed E-state index contributed by atoms with van der Waals surface area (Å²) in [6, 6.07) is 4.73. The van der Waals surface area contributed by atoms with Crippen molar-refractivity contribution in [2.75, 3.05) is 7.11 Å². The van der Waals surface area contributed by atoms with Gasteiger partial charge in [0.25, 0.3) is 0 Å². The van der Waals surface area contributed by atoms with Gasteiger partial charge >= 0.3 is 5.97 Å². The summed E-state index contributed by atoms with van der Waals surface area (Å²) < 4.78 is 13.9. The van der Waals surface area contributed by atoms with Crippen LogP contribution in [0.25, 0.3) is 0 Å². The van der Waals surface area contributed by atoms with Crippen LogP contribution in [-0.2, 0) is 0 Å². The van der Waals surface area contributed by atoms with Gasteiger partial charge in [-0.2, -0.15) is 0 Å². The zero-order chi connectivity index (χ0) is 11.4. The molecule has 2 aromatic heterocycles. The predicted molar refractivity (Wildman–Crippen MR) is 57.9 cm³/mol. The zero-order valence-corrected chi connectivity index (χ0v) is 9.23. The molecule has 0 bridgehead atoms. The van der Waals surface area contributed by atoms with Gasteiger partial charge in [-0.05, 0) is 23.7 Å². The molecule has 0 unspecified atom stereocenters. The number of pyridine rings is 1. The Morgan fingerprint density at radius 1 is 1.38 bits per heavy atom. The van der Waals surface area contributed by atoms with Gasteiger partial charge in [-0.1, -0.05) is 0 Å². The van der Waals surface area contributed by atoms with Gasteiger partial charge < -0.3 is 9.47 Å². The lowest BCUT2D eigenvalue weighted by molar-refractivity contribution is 0.0739. The second-order valence-electron chi connectivity index (χ2n) is 2.80. The Morgan fingerprint density at radius 2 is 2.25 bits per heavy atom. The van der Waals surface area contributed by atoms with Crippen LogP contribution < -0.4 is 9.47 Å². The third-order valence-corrected chi connectivity index (χ3v) is 2.49. The van der Waals surface area contributed by atoms with Crippen LogP contribution in [0.15, 0.2) is 30.6 Å². The summed E-state index contributed by atoms with van der Waals surface area (Å²) in [5.41, 5.74) is 0. The fourth-order valence-electron chi connectivity index (χ4n) is 1.04. The van der Waals surface area contributed by atoms with E-state index in [-0.39, 0.29) is 0 Å². The Hall–Kier alpha value is -1.95. The van der Waals surface area contributed by atoms with E-state index in [2.05, 4.69) is 9.36 Å². The average Bonchev–Trinajstić information content (AvgIpc) is 2.83. The topological polar surface area (TPSA) is 61.3 Å². The van der Waals surface area contributed by atoms with E-state index in [4.69, 9.17) is 9.47 Å². The van der Waals surface area contributed by atoms with Crippen molar-refractivity contribution in [3.05, 3.63) is 35.5 Å². The van der Waals surface area contributed by atoms with Gasteiger partial charge in [0.2, 0.25) is 5.88 Å². The second-order valence-corrected chi connectivity index (χ2v) is 3.63. The Bertz CT molecular complexity index is 485. The quantitative estimate of drug-likeness (QED) is 0.760. The third-order valence-electron chi connectivity index (χ3n) is 1.77. The van der Waals surface area contributed by atoms with Crippen LogP contribution in [0, 0.1) is 0 Å². The number of carbonyl (C=O) groups is 1. The van der Waals surface area contributed by atoms with Crippen molar-refractivity contribution >= 4 is 17.5 Å². The lowest BCUT2D eigenvalue weighted by Gasteiger charge is -2.03. The Kier molecular flexibility index (Phi) is 3.11. The Morgan fingerprint density at radius 3 is 2.94 bits per heavy atom. The van der Waals surface area contributed by atoms with E-state index in [0.29, 0.717) is 16.5 Å². The fraction of sp³-hybridized carbons (Fsp3) is 0.100. The van der Waals surface area contributed by atoms with Crippen LogP contribution in [0.4, 0.5) is 0 Å². The van der Waals surface area contributed by atoms with E-state index in [0.717, 1.165) is 11.5 Å². The van der Waals surface area contributed by atoms with E-state index in [9.17, 15) is 4.79 Å². The van der Waals surface area contributed by atoms with Gasteiger partial charge in [-0.15, -0.1) is 0 Å². The summed E-state index contributed by atoms with van der Waals surface area (Å²) in [7, 11) is 1.50. The molecule has 0 aliphatic rings. The molecule has 0 radical (unpaired) electrons. The largest absolute Gasteiger partial charge is 0.481 e. The van der Waals surface area contributed by atoms with Crippen molar-refractivity contribution in [1.82, 2.24) is 9.36 Å². The minimum absolute atomic E-state index is 0.394. The van der Waals surface area contributed by atoms with Crippen molar-refractivity contribution in [2.24, 2.45) is 0 Å². The summed E-state index contributed by atoms with van der Waals surface area (Å²) >= 11 is 1.09. The lowest BCUT2D eigenvalue weighted by Crippen LogP contribution is -2.06. The minimum Gasteiger partial charge on any atom is -0.481 e. The number of rotatable bonds is 3. The van der Waals surface area contributed by atoms with Crippen molar-refractivity contribution in [2.45, 2.75) is 0 Å². The van der Waals surface area contributed by atoms with Gasteiger partial charge in [0, 0.05) is 18.5 Å². The molecule has 16 heavy (non-hydrogen) atoms. The second kappa shape index (κ2) is 4.71. The smallest absolute Gasteiger partial charge is 0.355 e. The van der Waals surface area contributed by atoms with Crippen LogP contribution in [0.5, 0.6) is 11.6 Å². The first-order valence-electron chi connectivity index (χ1n) is 4.42. The summed E-state index contributed by atoms with van der Waals surface area (Å²) in [5, 5.41) is 0. The zero-order valence-electron chi connectivity index (χ0n) is 8.41.